The lowest BCUT2D eigenvalue weighted by Gasteiger charge is -2.27. The number of amides is 2. The summed E-state index contributed by atoms with van der Waals surface area (Å²) in [5.41, 5.74) is 1.06. The maximum atomic E-state index is 11.0. The van der Waals surface area contributed by atoms with Crippen LogP contribution in [0, 0.1) is 0 Å². The van der Waals surface area contributed by atoms with Crippen molar-refractivity contribution in [3.8, 4) is 0 Å². The standard InChI is InChI=1S/C9H10N2O.C8H8N2O/c1-7-3-2-5-11-6-4-8(12)10-9(7)11;11-8-4-6-10-5-2-1-3-7(10)9-8/h2-3,5H,4,6H2,1H3;1-3,5H,4,6H2. The van der Waals surface area contributed by atoms with Gasteiger partial charge in [0.25, 0.3) is 0 Å². The second kappa shape index (κ2) is 6.56. The third-order valence-corrected chi connectivity index (χ3v) is 3.76. The van der Waals surface area contributed by atoms with E-state index in [-0.39, 0.29) is 11.8 Å². The maximum Gasteiger partial charge on any atom is 0.249 e. The fourth-order valence-electron chi connectivity index (χ4n) is 2.54. The van der Waals surface area contributed by atoms with Crippen LogP contribution < -0.4 is 0 Å². The lowest BCUT2D eigenvalue weighted by molar-refractivity contribution is -0.119. The van der Waals surface area contributed by atoms with E-state index in [0.29, 0.717) is 12.8 Å². The number of allylic oxidation sites excluding steroid dienone is 4. The van der Waals surface area contributed by atoms with Crippen LogP contribution in [-0.2, 0) is 9.59 Å². The number of fused-ring (bicyclic) bond motifs is 2. The van der Waals surface area contributed by atoms with Gasteiger partial charge in [0.15, 0.2) is 0 Å². The first-order chi connectivity index (χ1) is 11.1. The summed E-state index contributed by atoms with van der Waals surface area (Å²) in [6.07, 6.45) is 14.6. The Hall–Kier alpha value is -2.76. The highest BCUT2D eigenvalue weighted by Crippen LogP contribution is 2.15. The molecule has 4 aliphatic rings. The molecule has 6 heteroatoms. The van der Waals surface area contributed by atoms with Crippen molar-refractivity contribution >= 4 is 23.5 Å². The Morgan fingerprint density at radius 3 is 2.43 bits per heavy atom. The minimum atomic E-state index is -0.0174. The van der Waals surface area contributed by atoms with Gasteiger partial charge < -0.3 is 9.80 Å². The molecule has 0 saturated heterocycles. The summed E-state index contributed by atoms with van der Waals surface area (Å²) >= 11 is 0. The highest BCUT2D eigenvalue weighted by molar-refractivity contribution is 6.07. The Bertz CT molecular complexity index is 710. The Balaban J connectivity index is 0.000000136. The molecule has 0 aromatic rings. The first kappa shape index (κ1) is 15.1. The molecule has 4 aliphatic heterocycles. The third-order valence-electron chi connectivity index (χ3n) is 3.76. The number of hydrogen-bond acceptors (Lipinski definition) is 4. The molecule has 0 aliphatic carbocycles. The van der Waals surface area contributed by atoms with Crippen LogP contribution in [-0.4, -0.2) is 46.4 Å². The quantitative estimate of drug-likeness (QED) is 0.684. The molecule has 0 bridgehead atoms. The van der Waals surface area contributed by atoms with E-state index in [4.69, 9.17) is 0 Å². The molecule has 0 atom stereocenters. The zero-order chi connectivity index (χ0) is 16.2. The number of nitrogens with zero attached hydrogens (tertiary/aromatic N) is 4. The van der Waals surface area contributed by atoms with Crippen molar-refractivity contribution in [1.29, 1.82) is 0 Å². The molecule has 4 rings (SSSR count). The Labute approximate surface area is 134 Å². The molecule has 6 nitrogen and oxygen atoms in total. The van der Waals surface area contributed by atoms with Gasteiger partial charge in [0.2, 0.25) is 11.8 Å². The molecule has 0 saturated carbocycles. The first-order valence-corrected chi connectivity index (χ1v) is 7.60. The lowest BCUT2D eigenvalue weighted by atomic mass is 10.1. The summed E-state index contributed by atoms with van der Waals surface area (Å²) < 4.78 is 0. The summed E-state index contributed by atoms with van der Waals surface area (Å²) in [4.78, 5) is 33.7. The number of hydrogen-bond donors (Lipinski definition) is 0. The van der Waals surface area contributed by atoms with Gasteiger partial charge in [-0.1, -0.05) is 12.2 Å². The van der Waals surface area contributed by atoms with Crippen LogP contribution in [0.5, 0.6) is 0 Å². The van der Waals surface area contributed by atoms with Crippen molar-refractivity contribution in [3.05, 3.63) is 48.4 Å². The van der Waals surface area contributed by atoms with Gasteiger partial charge in [0.05, 0.1) is 0 Å². The van der Waals surface area contributed by atoms with E-state index in [1.54, 1.807) is 0 Å². The van der Waals surface area contributed by atoms with E-state index in [1.807, 2.05) is 59.5 Å². The van der Waals surface area contributed by atoms with Crippen LogP contribution in [0.2, 0.25) is 0 Å². The molecule has 0 radical (unpaired) electrons. The van der Waals surface area contributed by atoms with Gasteiger partial charge in [0, 0.05) is 38.3 Å². The molecular formula is C17H18N4O2. The Morgan fingerprint density at radius 2 is 1.61 bits per heavy atom. The van der Waals surface area contributed by atoms with E-state index in [9.17, 15) is 9.59 Å². The van der Waals surface area contributed by atoms with Gasteiger partial charge in [-0.25, -0.2) is 0 Å². The van der Waals surface area contributed by atoms with Gasteiger partial charge in [-0.2, -0.15) is 9.98 Å². The SMILES string of the molecule is CC1=CC=CN2CCC(=O)N=C12.O=C1CCN2C=CC=CC2=N1. The monoisotopic (exact) mass is 310 g/mol. The van der Waals surface area contributed by atoms with Crippen LogP contribution in [0.1, 0.15) is 19.8 Å². The smallest absolute Gasteiger partial charge is 0.249 e. The molecule has 0 aromatic heterocycles. The normalized spacial score (nSPS) is 21.7. The minimum absolute atomic E-state index is 0.00991. The summed E-state index contributed by atoms with van der Waals surface area (Å²) in [7, 11) is 0. The van der Waals surface area contributed by atoms with Crippen molar-refractivity contribution in [1.82, 2.24) is 9.80 Å². The van der Waals surface area contributed by atoms with Crippen molar-refractivity contribution in [2.45, 2.75) is 19.8 Å². The highest BCUT2D eigenvalue weighted by Gasteiger charge is 2.20. The zero-order valence-electron chi connectivity index (χ0n) is 13.0. The van der Waals surface area contributed by atoms with Crippen molar-refractivity contribution in [2.24, 2.45) is 9.98 Å². The first-order valence-electron chi connectivity index (χ1n) is 7.60. The molecular weight excluding hydrogens is 292 g/mol. The van der Waals surface area contributed by atoms with Crippen LogP contribution >= 0.6 is 0 Å². The van der Waals surface area contributed by atoms with Gasteiger partial charge >= 0.3 is 0 Å². The van der Waals surface area contributed by atoms with Gasteiger partial charge in [-0.05, 0) is 30.7 Å². The molecule has 4 heterocycles. The number of amidine groups is 2. The lowest BCUT2D eigenvalue weighted by Crippen LogP contribution is -2.34. The van der Waals surface area contributed by atoms with Crippen LogP contribution in [0.4, 0.5) is 0 Å². The summed E-state index contributed by atoms with van der Waals surface area (Å²) in [5.74, 6) is 1.55. The average molecular weight is 310 g/mol. The van der Waals surface area contributed by atoms with Crippen LogP contribution in [0.3, 0.4) is 0 Å². The second-order valence-electron chi connectivity index (χ2n) is 5.47. The van der Waals surface area contributed by atoms with Crippen molar-refractivity contribution in [3.63, 3.8) is 0 Å². The van der Waals surface area contributed by atoms with E-state index >= 15 is 0 Å². The maximum absolute atomic E-state index is 11.0. The third kappa shape index (κ3) is 3.53. The summed E-state index contributed by atoms with van der Waals surface area (Å²) in [5, 5.41) is 0. The number of aliphatic imine (C=N–C) groups is 2. The second-order valence-corrected chi connectivity index (χ2v) is 5.47. The van der Waals surface area contributed by atoms with Gasteiger partial charge in [-0.3, -0.25) is 9.59 Å². The van der Waals surface area contributed by atoms with Gasteiger partial charge in [-0.15, -0.1) is 0 Å². The van der Waals surface area contributed by atoms with E-state index in [2.05, 4.69) is 9.98 Å². The van der Waals surface area contributed by atoms with Crippen LogP contribution in [0.15, 0.2) is 58.3 Å². The average Bonchev–Trinajstić information content (AvgIpc) is 2.56. The fourth-order valence-corrected chi connectivity index (χ4v) is 2.54. The predicted molar refractivity (Wildman–Crippen MR) is 88.7 cm³/mol. The largest absolute Gasteiger partial charge is 0.332 e. The fraction of sp³-hybridized carbons (Fsp3) is 0.294. The number of carbonyl (C=O) groups is 2. The van der Waals surface area contributed by atoms with E-state index < -0.39 is 0 Å². The molecule has 118 valence electrons. The molecule has 23 heavy (non-hydrogen) atoms. The van der Waals surface area contributed by atoms with E-state index in [1.165, 1.54) is 0 Å². The van der Waals surface area contributed by atoms with Crippen molar-refractivity contribution in [2.75, 3.05) is 13.1 Å². The molecule has 0 N–H and O–H groups in total. The number of rotatable bonds is 0. The predicted octanol–water partition coefficient (Wildman–Crippen LogP) is 1.79. The summed E-state index contributed by atoms with van der Waals surface area (Å²) in [6, 6.07) is 0. The Morgan fingerprint density at radius 1 is 0.913 bits per heavy atom. The topological polar surface area (TPSA) is 65.3 Å². The summed E-state index contributed by atoms with van der Waals surface area (Å²) in [6.45, 7) is 3.49. The molecule has 2 amide bonds. The number of carbonyl (C=O) groups excluding carboxylic acids is 2. The highest BCUT2D eigenvalue weighted by atomic mass is 16.2. The van der Waals surface area contributed by atoms with Gasteiger partial charge in [0.1, 0.15) is 11.7 Å². The molecule has 0 aromatic carbocycles. The zero-order valence-corrected chi connectivity index (χ0v) is 13.0. The minimum Gasteiger partial charge on any atom is -0.332 e. The molecule has 0 spiro atoms. The molecule has 0 fully saturated rings. The van der Waals surface area contributed by atoms with Crippen LogP contribution in [0.25, 0.3) is 0 Å². The molecule has 0 unspecified atom stereocenters. The van der Waals surface area contributed by atoms with E-state index in [0.717, 1.165) is 30.3 Å². The Kier molecular flexibility index (Phi) is 4.32. The van der Waals surface area contributed by atoms with Crippen molar-refractivity contribution < 1.29 is 9.59 Å².